The Morgan fingerprint density at radius 3 is 2.60 bits per heavy atom. The molecular weight excluding hydrogens is 412 g/mol. The van der Waals surface area contributed by atoms with E-state index in [0.29, 0.717) is 13.0 Å². The summed E-state index contributed by atoms with van der Waals surface area (Å²) < 4.78 is 33.8. The average Bonchev–Trinajstić information content (AvgIpc) is 3.34. The maximum Gasteiger partial charge on any atom is 0.329 e. The Morgan fingerprint density at radius 2 is 2.07 bits per heavy atom. The van der Waals surface area contributed by atoms with E-state index in [0.717, 1.165) is 12.8 Å². The molecule has 168 valence electrons. The first-order valence-corrected chi connectivity index (χ1v) is 12.0. The van der Waals surface area contributed by atoms with Gasteiger partial charge in [0.25, 0.3) is 11.8 Å². The van der Waals surface area contributed by atoms with Crippen LogP contribution in [0.15, 0.2) is 22.8 Å². The molecule has 1 aliphatic rings. The van der Waals surface area contributed by atoms with Crippen LogP contribution in [0.5, 0.6) is 0 Å². The quantitative estimate of drug-likeness (QED) is 0.543. The fourth-order valence-corrected chi connectivity index (χ4v) is 5.01. The molecule has 1 N–H and O–H groups in total. The number of ether oxygens (including phenoxy) is 1. The van der Waals surface area contributed by atoms with Crippen molar-refractivity contribution >= 4 is 27.6 Å². The minimum absolute atomic E-state index is 0.0571. The number of amides is 2. The topological polar surface area (TPSA) is 123 Å². The molecule has 0 aromatic carbocycles. The maximum absolute atomic E-state index is 12.7. The van der Waals surface area contributed by atoms with Crippen molar-refractivity contribution in [3.63, 3.8) is 0 Å². The van der Waals surface area contributed by atoms with Gasteiger partial charge in [0.2, 0.25) is 0 Å². The van der Waals surface area contributed by atoms with Gasteiger partial charge in [-0.3, -0.25) is 9.59 Å². The maximum atomic E-state index is 12.7. The molecule has 2 amide bonds. The van der Waals surface area contributed by atoms with E-state index in [-0.39, 0.29) is 23.2 Å². The van der Waals surface area contributed by atoms with Crippen LogP contribution in [-0.4, -0.2) is 67.8 Å². The molecule has 1 saturated heterocycles. The first kappa shape index (κ1) is 23.9. The summed E-state index contributed by atoms with van der Waals surface area (Å²) in [4.78, 5) is 38.9. The Bertz CT molecular complexity index is 833. The second kappa shape index (κ2) is 10.6. The number of nitrogens with one attached hydrogen (secondary N) is 1. The van der Waals surface area contributed by atoms with Gasteiger partial charge in [-0.2, -0.15) is 0 Å². The molecule has 0 aliphatic carbocycles. The van der Waals surface area contributed by atoms with Gasteiger partial charge in [0.15, 0.2) is 22.2 Å². The van der Waals surface area contributed by atoms with Gasteiger partial charge in [0, 0.05) is 12.6 Å². The zero-order chi connectivity index (χ0) is 22.3. The third-order valence-electron chi connectivity index (χ3n) is 5.01. The number of hydrogen-bond acceptors (Lipinski definition) is 7. The van der Waals surface area contributed by atoms with Crippen molar-refractivity contribution in [2.75, 3.05) is 24.7 Å². The predicted octanol–water partition coefficient (Wildman–Crippen LogP) is 1.39. The van der Waals surface area contributed by atoms with Crippen molar-refractivity contribution in [3.8, 4) is 0 Å². The lowest BCUT2D eigenvalue weighted by Crippen LogP contribution is -2.47. The van der Waals surface area contributed by atoms with Gasteiger partial charge in [-0.05, 0) is 30.9 Å². The molecule has 0 saturated carbocycles. The second-order valence-electron chi connectivity index (χ2n) is 7.78. The summed E-state index contributed by atoms with van der Waals surface area (Å²) in [7, 11) is -3.15. The van der Waals surface area contributed by atoms with E-state index in [1.165, 1.54) is 17.2 Å². The van der Waals surface area contributed by atoms with Crippen molar-refractivity contribution in [1.29, 1.82) is 0 Å². The minimum atomic E-state index is -3.15. The highest BCUT2D eigenvalue weighted by molar-refractivity contribution is 7.91. The van der Waals surface area contributed by atoms with Gasteiger partial charge in [0.1, 0.15) is 6.04 Å². The molecule has 2 unspecified atom stereocenters. The number of sulfone groups is 1. The van der Waals surface area contributed by atoms with E-state index in [1.54, 1.807) is 19.9 Å². The van der Waals surface area contributed by atoms with E-state index in [2.05, 4.69) is 5.32 Å². The monoisotopic (exact) mass is 442 g/mol. The van der Waals surface area contributed by atoms with Gasteiger partial charge in [-0.25, -0.2) is 13.2 Å². The molecule has 0 spiro atoms. The van der Waals surface area contributed by atoms with Crippen LogP contribution >= 0.6 is 0 Å². The fourth-order valence-electron chi connectivity index (χ4n) is 3.28. The molecule has 10 heteroatoms. The minimum Gasteiger partial charge on any atom is -0.459 e. The van der Waals surface area contributed by atoms with E-state index < -0.39 is 46.3 Å². The number of nitrogens with zero attached hydrogens (tertiary/aromatic N) is 1. The lowest BCUT2D eigenvalue weighted by molar-refractivity contribution is -0.155. The molecule has 1 aliphatic heterocycles. The van der Waals surface area contributed by atoms with Crippen molar-refractivity contribution < 1.29 is 32.0 Å². The van der Waals surface area contributed by atoms with Gasteiger partial charge in [-0.1, -0.05) is 27.2 Å². The van der Waals surface area contributed by atoms with Crippen LogP contribution in [0.1, 0.15) is 50.6 Å². The zero-order valence-corrected chi connectivity index (χ0v) is 18.4. The number of esters is 1. The molecule has 1 fully saturated rings. The Hall–Kier alpha value is -2.36. The Labute approximate surface area is 177 Å². The van der Waals surface area contributed by atoms with Crippen molar-refractivity contribution in [2.24, 2.45) is 5.92 Å². The third-order valence-corrected chi connectivity index (χ3v) is 6.76. The molecule has 2 atom stereocenters. The average molecular weight is 443 g/mol. The summed E-state index contributed by atoms with van der Waals surface area (Å²) in [5.41, 5.74) is 0. The van der Waals surface area contributed by atoms with Crippen LogP contribution < -0.4 is 5.32 Å². The van der Waals surface area contributed by atoms with Crippen molar-refractivity contribution in [1.82, 2.24) is 10.2 Å². The Balaban J connectivity index is 1.97. The lowest BCUT2D eigenvalue weighted by atomic mass is 10.0. The Kier molecular flexibility index (Phi) is 8.45. The summed E-state index contributed by atoms with van der Waals surface area (Å²) in [6.45, 7) is 5.37. The number of unbranched alkanes of at least 4 members (excludes halogenated alkanes) is 1. The van der Waals surface area contributed by atoms with Gasteiger partial charge < -0.3 is 19.4 Å². The normalized spacial score (nSPS) is 18.7. The van der Waals surface area contributed by atoms with E-state index in [4.69, 9.17) is 9.15 Å². The number of furan rings is 1. The highest BCUT2D eigenvalue weighted by Crippen LogP contribution is 2.19. The first-order chi connectivity index (χ1) is 14.1. The first-order valence-electron chi connectivity index (χ1n) is 10.2. The molecule has 9 nitrogen and oxygen atoms in total. The van der Waals surface area contributed by atoms with Gasteiger partial charge >= 0.3 is 5.97 Å². The summed E-state index contributed by atoms with van der Waals surface area (Å²) in [5, 5.41) is 2.56. The zero-order valence-electron chi connectivity index (χ0n) is 17.6. The van der Waals surface area contributed by atoms with Crippen LogP contribution in [0.4, 0.5) is 0 Å². The van der Waals surface area contributed by atoms with Crippen LogP contribution in [0.2, 0.25) is 0 Å². The molecule has 2 rings (SSSR count). The number of carbonyl (C=O) groups excluding carboxylic acids is 3. The van der Waals surface area contributed by atoms with Gasteiger partial charge in [-0.15, -0.1) is 0 Å². The summed E-state index contributed by atoms with van der Waals surface area (Å²) in [6, 6.07) is 1.69. The fraction of sp³-hybridized carbons (Fsp3) is 0.650. The van der Waals surface area contributed by atoms with E-state index in [9.17, 15) is 22.8 Å². The number of carbonyl (C=O) groups is 3. The molecule has 2 heterocycles. The smallest absolute Gasteiger partial charge is 0.329 e. The highest BCUT2D eigenvalue weighted by Gasteiger charge is 2.35. The molecular formula is C20H30N2O7S. The molecule has 1 aromatic rings. The highest BCUT2D eigenvalue weighted by atomic mass is 32.2. The van der Waals surface area contributed by atoms with Crippen LogP contribution in [0.3, 0.4) is 0 Å². The molecule has 0 bridgehead atoms. The second-order valence-corrected chi connectivity index (χ2v) is 10.0. The van der Waals surface area contributed by atoms with Crippen LogP contribution in [0, 0.1) is 5.92 Å². The van der Waals surface area contributed by atoms with Crippen molar-refractivity contribution in [2.45, 2.75) is 52.1 Å². The standard InChI is InChI=1S/C20H30N2O7S/c1-4-5-9-22(15-8-11-30(26,27)13-15)17(23)12-29-20(25)18(14(2)3)21-19(24)16-7-6-10-28-16/h6-7,10,14-15,18H,4-5,8-9,11-13H2,1-3H3,(H,21,24). The van der Waals surface area contributed by atoms with Crippen LogP contribution in [0.25, 0.3) is 0 Å². The SMILES string of the molecule is CCCCN(C(=O)COC(=O)C(NC(=O)c1ccco1)C(C)C)C1CCS(=O)(=O)C1. The van der Waals surface area contributed by atoms with Crippen LogP contribution in [-0.2, 0) is 24.2 Å². The van der Waals surface area contributed by atoms with E-state index in [1.807, 2.05) is 6.92 Å². The molecule has 1 aromatic heterocycles. The Morgan fingerprint density at radius 1 is 1.33 bits per heavy atom. The third kappa shape index (κ3) is 6.58. The number of rotatable bonds is 10. The van der Waals surface area contributed by atoms with E-state index >= 15 is 0 Å². The lowest BCUT2D eigenvalue weighted by Gasteiger charge is -2.28. The van der Waals surface area contributed by atoms with Crippen molar-refractivity contribution in [3.05, 3.63) is 24.2 Å². The summed E-state index contributed by atoms with van der Waals surface area (Å²) in [5.74, 6) is -1.93. The van der Waals surface area contributed by atoms with Gasteiger partial charge in [0.05, 0.1) is 17.8 Å². The largest absolute Gasteiger partial charge is 0.459 e. The summed E-state index contributed by atoms with van der Waals surface area (Å²) >= 11 is 0. The summed E-state index contributed by atoms with van der Waals surface area (Å²) in [6.07, 6.45) is 3.31. The molecule has 30 heavy (non-hydrogen) atoms. The number of hydrogen-bond donors (Lipinski definition) is 1. The molecule has 0 radical (unpaired) electrons. The predicted molar refractivity (Wildman–Crippen MR) is 109 cm³/mol.